The van der Waals surface area contributed by atoms with E-state index in [9.17, 15) is 24.8 Å². The predicted octanol–water partition coefficient (Wildman–Crippen LogP) is 0.525. The predicted molar refractivity (Wildman–Crippen MR) is 113 cm³/mol. The Balaban J connectivity index is 1.86. The largest absolute Gasteiger partial charge is 0.479 e. The lowest BCUT2D eigenvalue weighted by atomic mass is 9.93. The van der Waals surface area contributed by atoms with Gasteiger partial charge in [0.05, 0.1) is 25.1 Å². The molecule has 1 fully saturated rings. The first-order chi connectivity index (χ1) is 15.0. The first kappa shape index (κ1) is 24.8. The molecule has 3 unspecified atom stereocenters. The Hall–Kier alpha value is -1.86. The highest BCUT2D eigenvalue weighted by atomic mass is 31.2. The maximum Gasteiger partial charge on any atom is 0.356 e. The van der Waals surface area contributed by atoms with Gasteiger partial charge in [-0.05, 0) is 19.8 Å². The van der Waals surface area contributed by atoms with Gasteiger partial charge in [0.1, 0.15) is 12.2 Å². The second kappa shape index (κ2) is 9.18. The number of nitrogens with two attached hydrogens (primary N) is 1. The number of ether oxygens (including phenoxy) is 2. The number of imidazole rings is 1. The minimum Gasteiger partial charge on any atom is -0.479 e. The van der Waals surface area contributed by atoms with E-state index in [0.29, 0.717) is 5.52 Å². The minimum atomic E-state index is -4.33. The number of nitrogens with zero attached hydrogens (tertiary/aromatic N) is 4. The number of anilines is 1. The van der Waals surface area contributed by atoms with Crippen LogP contribution in [0.2, 0.25) is 0 Å². The summed E-state index contributed by atoms with van der Waals surface area (Å²) < 4.78 is 30.3. The van der Waals surface area contributed by atoms with Crippen LogP contribution >= 0.6 is 7.60 Å². The number of aliphatic hydroxyl groups excluding tert-OH is 3. The van der Waals surface area contributed by atoms with Gasteiger partial charge in [0.15, 0.2) is 23.2 Å². The summed E-state index contributed by atoms with van der Waals surface area (Å²) in [5.74, 6) is -1.45. The number of nitrogen functional groups attached to an aromatic ring is 1. The zero-order chi connectivity index (χ0) is 23.8. The summed E-state index contributed by atoms with van der Waals surface area (Å²) in [5.41, 5.74) is 5.05. The Morgan fingerprint density at radius 2 is 2.03 bits per heavy atom. The fraction of sp³-hybridized carbons (Fsp3) is 0.722. The number of hydrogen-bond acceptors (Lipinski definition) is 11. The molecule has 2 aromatic heterocycles. The van der Waals surface area contributed by atoms with Gasteiger partial charge in [-0.3, -0.25) is 9.13 Å². The lowest BCUT2D eigenvalue weighted by molar-refractivity contribution is -0.0667. The molecule has 0 saturated carbocycles. The molecule has 1 aliphatic rings. The molecule has 32 heavy (non-hydrogen) atoms. The van der Waals surface area contributed by atoms with Gasteiger partial charge in [-0.1, -0.05) is 13.8 Å². The topological polar surface area (TPSA) is 195 Å². The van der Waals surface area contributed by atoms with Crippen LogP contribution in [0.25, 0.3) is 11.2 Å². The molecule has 180 valence electrons. The third-order valence-electron chi connectivity index (χ3n) is 5.69. The molecule has 0 spiro atoms. The molecule has 13 nitrogen and oxygen atoms in total. The van der Waals surface area contributed by atoms with Crippen LogP contribution in [-0.4, -0.2) is 76.6 Å². The standard InChI is InChI=1S/C18H30N5O8P/c1-5-10(24)32(27,28)31-18(3,6-2)7-9-12(25)13(26)16(30-9)23-8-20-11-14(23)21-17(19)22-15(11)29-4/h8-10,12-13,16,24-26H,5-7H2,1-4H3,(H,27,28)(H2,19,21,22)/t9-,10?,12-,13-,16-,18?/m1/s1. The highest BCUT2D eigenvalue weighted by Crippen LogP contribution is 2.53. The van der Waals surface area contributed by atoms with E-state index in [1.54, 1.807) is 20.8 Å². The van der Waals surface area contributed by atoms with Crippen molar-refractivity contribution < 1.29 is 38.8 Å². The van der Waals surface area contributed by atoms with E-state index in [0.717, 1.165) is 0 Å². The van der Waals surface area contributed by atoms with Crippen LogP contribution in [0.3, 0.4) is 0 Å². The Bertz CT molecular complexity index is 1010. The summed E-state index contributed by atoms with van der Waals surface area (Å²) in [7, 11) is -2.92. The van der Waals surface area contributed by atoms with Gasteiger partial charge in [-0.2, -0.15) is 9.97 Å². The molecule has 0 aliphatic carbocycles. The lowest BCUT2D eigenvalue weighted by Gasteiger charge is -2.34. The molecule has 0 aromatic carbocycles. The third-order valence-corrected chi connectivity index (χ3v) is 7.51. The van der Waals surface area contributed by atoms with Crippen molar-refractivity contribution >= 4 is 24.7 Å². The van der Waals surface area contributed by atoms with Crippen molar-refractivity contribution in [1.82, 2.24) is 19.5 Å². The van der Waals surface area contributed by atoms with E-state index < -0.39 is 43.6 Å². The normalized spacial score (nSPS) is 28.4. The van der Waals surface area contributed by atoms with Crippen LogP contribution < -0.4 is 10.5 Å². The van der Waals surface area contributed by atoms with E-state index in [1.165, 1.54) is 18.0 Å². The van der Waals surface area contributed by atoms with Crippen molar-refractivity contribution in [3.8, 4) is 5.88 Å². The van der Waals surface area contributed by atoms with Crippen molar-refractivity contribution in [3.05, 3.63) is 6.33 Å². The van der Waals surface area contributed by atoms with Crippen LogP contribution in [0.1, 0.15) is 46.3 Å². The summed E-state index contributed by atoms with van der Waals surface area (Å²) in [5, 5.41) is 31.1. The quantitative estimate of drug-likeness (QED) is 0.316. The fourth-order valence-corrected chi connectivity index (χ4v) is 5.06. The molecule has 7 atom stereocenters. The van der Waals surface area contributed by atoms with E-state index in [2.05, 4.69) is 15.0 Å². The Morgan fingerprint density at radius 3 is 2.62 bits per heavy atom. The Morgan fingerprint density at radius 1 is 1.34 bits per heavy atom. The van der Waals surface area contributed by atoms with Gasteiger partial charge in [-0.25, -0.2) is 4.98 Å². The number of rotatable bonds is 9. The van der Waals surface area contributed by atoms with E-state index in [4.69, 9.17) is 19.7 Å². The molecule has 0 radical (unpaired) electrons. The molecule has 3 heterocycles. The van der Waals surface area contributed by atoms with Crippen molar-refractivity contribution in [3.63, 3.8) is 0 Å². The maximum atomic E-state index is 12.4. The minimum absolute atomic E-state index is 0.0215. The third kappa shape index (κ3) is 4.60. The van der Waals surface area contributed by atoms with Crippen molar-refractivity contribution in [2.45, 2.75) is 76.0 Å². The lowest BCUT2D eigenvalue weighted by Crippen LogP contribution is -2.39. The van der Waals surface area contributed by atoms with Crippen molar-refractivity contribution in [1.29, 1.82) is 0 Å². The zero-order valence-corrected chi connectivity index (χ0v) is 19.2. The molecule has 0 amide bonds. The van der Waals surface area contributed by atoms with E-state index >= 15 is 0 Å². The van der Waals surface area contributed by atoms with Gasteiger partial charge in [0.25, 0.3) is 0 Å². The molecular weight excluding hydrogens is 445 g/mol. The Kier molecular flexibility index (Phi) is 7.11. The number of methoxy groups -OCH3 is 1. The van der Waals surface area contributed by atoms with Crippen LogP contribution in [0.5, 0.6) is 5.88 Å². The van der Waals surface area contributed by atoms with Crippen LogP contribution in [-0.2, 0) is 13.8 Å². The molecular formula is C18H30N5O8P. The van der Waals surface area contributed by atoms with Crippen LogP contribution in [0.4, 0.5) is 5.95 Å². The first-order valence-electron chi connectivity index (χ1n) is 10.2. The first-order valence-corrected chi connectivity index (χ1v) is 11.9. The Labute approximate surface area is 184 Å². The van der Waals surface area contributed by atoms with E-state index in [1.807, 2.05) is 0 Å². The summed E-state index contributed by atoms with van der Waals surface area (Å²) >= 11 is 0. The molecule has 3 rings (SSSR count). The molecule has 1 aliphatic heterocycles. The smallest absolute Gasteiger partial charge is 0.356 e. The number of hydrogen-bond donors (Lipinski definition) is 5. The summed E-state index contributed by atoms with van der Waals surface area (Å²) in [6, 6.07) is 0. The van der Waals surface area contributed by atoms with Gasteiger partial charge < -0.3 is 39.9 Å². The summed E-state index contributed by atoms with van der Waals surface area (Å²) in [6.07, 6.45) is -3.04. The molecule has 6 N–H and O–H groups in total. The van der Waals surface area contributed by atoms with E-state index in [-0.39, 0.29) is 36.7 Å². The number of fused-ring (bicyclic) bond motifs is 1. The highest BCUT2D eigenvalue weighted by Gasteiger charge is 2.48. The van der Waals surface area contributed by atoms with Crippen molar-refractivity contribution in [2.24, 2.45) is 0 Å². The average Bonchev–Trinajstić information content (AvgIpc) is 3.28. The average molecular weight is 475 g/mol. The van der Waals surface area contributed by atoms with Crippen LogP contribution in [0.15, 0.2) is 6.33 Å². The summed E-state index contributed by atoms with van der Waals surface area (Å²) in [6.45, 7) is 4.88. The van der Waals surface area contributed by atoms with Gasteiger partial charge in [-0.15, -0.1) is 0 Å². The second-order valence-corrected chi connectivity index (χ2v) is 9.92. The van der Waals surface area contributed by atoms with Crippen LogP contribution in [0, 0.1) is 0 Å². The molecule has 0 bridgehead atoms. The molecule has 14 heteroatoms. The number of aromatic nitrogens is 4. The second-order valence-electron chi connectivity index (χ2n) is 8.01. The van der Waals surface area contributed by atoms with Gasteiger partial charge in [0.2, 0.25) is 11.8 Å². The highest BCUT2D eigenvalue weighted by molar-refractivity contribution is 7.53. The van der Waals surface area contributed by atoms with Gasteiger partial charge >= 0.3 is 7.60 Å². The zero-order valence-electron chi connectivity index (χ0n) is 18.3. The number of aliphatic hydroxyl groups is 3. The fourth-order valence-electron chi connectivity index (χ4n) is 3.64. The monoisotopic (exact) mass is 475 g/mol. The van der Waals surface area contributed by atoms with Crippen molar-refractivity contribution in [2.75, 3.05) is 12.8 Å². The molecule has 1 saturated heterocycles. The summed E-state index contributed by atoms with van der Waals surface area (Å²) in [4.78, 5) is 22.4. The SMILES string of the molecule is CCC(O)P(=O)(O)OC(C)(CC)C[C@H]1O[C@@H](n2cnc3c(OC)nc(N)nc32)[C@H](O)[C@@H]1O. The van der Waals surface area contributed by atoms with Gasteiger partial charge in [0, 0.05) is 6.42 Å². The maximum absolute atomic E-state index is 12.4. The molecule has 2 aromatic rings.